The van der Waals surface area contributed by atoms with E-state index in [1.165, 1.54) is 11.1 Å². The first-order valence-corrected chi connectivity index (χ1v) is 12.8. The van der Waals surface area contributed by atoms with Crippen molar-refractivity contribution in [2.45, 2.75) is 50.5 Å². The third kappa shape index (κ3) is 4.47. The van der Waals surface area contributed by atoms with Gasteiger partial charge in [-0.25, -0.2) is 9.97 Å². The molecular weight excluding hydrogens is 452 g/mol. The summed E-state index contributed by atoms with van der Waals surface area (Å²) in [6.45, 7) is 8.10. The molecule has 7 nitrogen and oxygen atoms in total. The van der Waals surface area contributed by atoms with Gasteiger partial charge in [-0.05, 0) is 48.2 Å². The van der Waals surface area contributed by atoms with Crippen molar-refractivity contribution in [1.82, 2.24) is 14.9 Å². The molecule has 3 aromatic rings. The Labute approximate surface area is 212 Å². The number of nitrogens with two attached hydrogens (primary N) is 1. The van der Waals surface area contributed by atoms with Gasteiger partial charge in [-0.15, -0.1) is 0 Å². The summed E-state index contributed by atoms with van der Waals surface area (Å²) in [6.07, 6.45) is 7.14. The van der Waals surface area contributed by atoms with Crippen LogP contribution in [0.5, 0.6) is 11.5 Å². The summed E-state index contributed by atoms with van der Waals surface area (Å²) in [5, 5.41) is 0. The van der Waals surface area contributed by atoms with E-state index >= 15 is 0 Å². The normalized spacial score (nSPS) is 23.8. The van der Waals surface area contributed by atoms with Crippen molar-refractivity contribution in [1.29, 1.82) is 0 Å². The van der Waals surface area contributed by atoms with Gasteiger partial charge in [0.1, 0.15) is 23.9 Å². The average Bonchev–Trinajstić information content (AvgIpc) is 2.82. The Balaban J connectivity index is 1.14. The number of ether oxygens (including phenoxy) is 3. The summed E-state index contributed by atoms with van der Waals surface area (Å²) in [5.41, 5.74) is 9.45. The second kappa shape index (κ2) is 9.14. The van der Waals surface area contributed by atoms with Crippen molar-refractivity contribution in [2.75, 3.05) is 26.3 Å². The zero-order valence-electron chi connectivity index (χ0n) is 21.0. The Morgan fingerprint density at radius 2 is 1.53 bits per heavy atom. The van der Waals surface area contributed by atoms with E-state index in [4.69, 9.17) is 19.9 Å². The smallest absolute Gasteiger partial charge is 0.182 e. The molecule has 3 aliphatic rings. The van der Waals surface area contributed by atoms with Gasteiger partial charge in [-0.1, -0.05) is 38.1 Å². The first kappa shape index (κ1) is 23.4. The maximum Gasteiger partial charge on any atom is 0.182 e. The zero-order chi connectivity index (χ0) is 24.8. The lowest BCUT2D eigenvalue weighted by Crippen LogP contribution is -2.66. The van der Waals surface area contributed by atoms with Crippen molar-refractivity contribution in [3.8, 4) is 11.5 Å². The highest BCUT2D eigenvalue weighted by atomic mass is 16.5. The molecule has 1 atom stereocenters. The fourth-order valence-corrected chi connectivity index (χ4v) is 5.44. The number of hydrogen-bond acceptors (Lipinski definition) is 7. The Hall–Kier alpha value is -3.00. The summed E-state index contributed by atoms with van der Waals surface area (Å²) in [4.78, 5) is 10.8. The van der Waals surface area contributed by atoms with Crippen LogP contribution in [0.1, 0.15) is 49.6 Å². The quantitative estimate of drug-likeness (QED) is 0.514. The Kier molecular flexibility index (Phi) is 5.94. The Morgan fingerprint density at radius 1 is 0.944 bits per heavy atom. The van der Waals surface area contributed by atoms with E-state index in [9.17, 15) is 0 Å². The average molecular weight is 487 g/mol. The van der Waals surface area contributed by atoms with E-state index in [1.54, 1.807) is 6.33 Å². The lowest BCUT2D eigenvalue weighted by Gasteiger charge is -2.56. The van der Waals surface area contributed by atoms with Gasteiger partial charge in [0.15, 0.2) is 6.23 Å². The number of nitrogens with zero attached hydrogens (tertiary/aromatic N) is 3. The topological polar surface area (TPSA) is 82.7 Å². The van der Waals surface area contributed by atoms with Crippen molar-refractivity contribution in [2.24, 2.45) is 11.1 Å². The highest BCUT2D eigenvalue weighted by molar-refractivity contribution is 5.42. The van der Waals surface area contributed by atoms with E-state index in [-0.39, 0.29) is 23.8 Å². The highest BCUT2D eigenvalue weighted by Gasteiger charge is 2.51. The van der Waals surface area contributed by atoms with Crippen molar-refractivity contribution in [3.63, 3.8) is 0 Å². The molecule has 0 amide bonds. The van der Waals surface area contributed by atoms with Gasteiger partial charge in [-0.2, -0.15) is 0 Å². The molecule has 0 bridgehead atoms. The third-order valence-electron chi connectivity index (χ3n) is 7.92. The largest absolute Gasteiger partial charge is 0.490 e. The maximum absolute atomic E-state index is 6.50. The standard InChI is InChI=1S/C29H34N4O3/c1-28(2,21-3-7-24(8-4-21)35-26-11-23(30)12-26)22-5-9-25(10-6-22)36-27(20-13-31-19-32-14-20)33-15-29(16-33)17-34-18-29/h3-10,13-14,19,23,26-27H,11-12,15-18,30H2,1-2H3/t23-,26+,27?. The third-order valence-corrected chi connectivity index (χ3v) is 7.92. The number of rotatable bonds is 8. The van der Waals surface area contributed by atoms with Crippen LogP contribution in [0.2, 0.25) is 0 Å². The molecule has 7 heteroatoms. The first-order valence-electron chi connectivity index (χ1n) is 12.8. The highest BCUT2D eigenvalue weighted by Crippen LogP contribution is 2.43. The van der Waals surface area contributed by atoms with Gasteiger partial charge in [-0.3, -0.25) is 4.90 Å². The molecule has 1 aliphatic carbocycles. The van der Waals surface area contributed by atoms with Crippen LogP contribution in [-0.4, -0.2) is 53.3 Å². The fourth-order valence-electron chi connectivity index (χ4n) is 5.44. The number of hydrogen-bond donors (Lipinski definition) is 1. The van der Waals surface area contributed by atoms with Gasteiger partial charge in [0.25, 0.3) is 0 Å². The molecule has 1 spiro atoms. The maximum atomic E-state index is 6.50. The van der Waals surface area contributed by atoms with E-state index < -0.39 is 0 Å². The summed E-state index contributed by atoms with van der Waals surface area (Å²) >= 11 is 0. The van der Waals surface area contributed by atoms with Crippen molar-refractivity contribution < 1.29 is 14.2 Å². The molecular formula is C29H34N4O3. The minimum atomic E-state index is -0.214. The van der Waals surface area contributed by atoms with Crippen molar-refractivity contribution >= 4 is 0 Å². The van der Waals surface area contributed by atoms with Gasteiger partial charge >= 0.3 is 0 Å². The van der Waals surface area contributed by atoms with Gasteiger partial charge in [0, 0.05) is 47.9 Å². The second-order valence-electron chi connectivity index (χ2n) is 11.2. The first-order chi connectivity index (χ1) is 17.4. The molecule has 2 aromatic carbocycles. The molecule has 2 N–H and O–H groups in total. The van der Waals surface area contributed by atoms with Crippen LogP contribution in [0.4, 0.5) is 0 Å². The SMILES string of the molecule is CC(C)(c1ccc(OC(c2cncnc2)N2CC3(COC3)C2)cc1)c1ccc(O[C@H]2C[C@@H](N)C2)cc1. The molecule has 1 aromatic heterocycles. The Bertz CT molecular complexity index is 1170. The van der Waals surface area contributed by atoms with Crippen LogP contribution in [0.25, 0.3) is 0 Å². The van der Waals surface area contributed by atoms with Crippen LogP contribution in [0.15, 0.2) is 67.3 Å². The van der Waals surface area contributed by atoms with Crippen LogP contribution >= 0.6 is 0 Å². The van der Waals surface area contributed by atoms with E-state index in [0.29, 0.717) is 5.41 Å². The van der Waals surface area contributed by atoms with Crippen LogP contribution < -0.4 is 15.2 Å². The van der Waals surface area contributed by atoms with Gasteiger partial charge in [0.2, 0.25) is 0 Å². The zero-order valence-corrected chi connectivity index (χ0v) is 21.0. The lowest BCUT2D eigenvalue weighted by molar-refractivity contribution is -0.218. The molecule has 2 aliphatic heterocycles. The van der Waals surface area contributed by atoms with Gasteiger partial charge < -0.3 is 19.9 Å². The predicted molar refractivity (Wildman–Crippen MR) is 137 cm³/mol. The summed E-state index contributed by atoms with van der Waals surface area (Å²) < 4.78 is 18.0. The fraction of sp³-hybridized carbons (Fsp3) is 0.448. The molecule has 3 fully saturated rings. The number of benzene rings is 2. The number of likely N-dealkylation sites (tertiary alicyclic amines) is 1. The molecule has 6 rings (SSSR count). The molecule has 1 unspecified atom stereocenters. The second-order valence-corrected chi connectivity index (χ2v) is 11.2. The van der Waals surface area contributed by atoms with Crippen molar-refractivity contribution in [3.05, 3.63) is 83.9 Å². The lowest BCUT2D eigenvalue weighted by atomic mass is 9.77. The van der Waals surface area contributed by atoms with Crippen LogP contribution in [0.3, 0.4) is 0 Å². The monoisotopic (exact) mass is 486 g/mol. The van der Waals surface area contributed by atoms with E-state index in [1.807, 2.05) is 12.4 Å². The molecule has 36 heavy (non-hydrogen) atoms. The molecule has 0 radical (unpaired) electrons. The van der Waals surface area contributed by atoms with Crippen LogP contribution in [-0.2, 0) is 10.2 Å². The van der Waals surface area contributed by atoms with Crippen LogP contribution in [0, 0.1) is 5.41 Å². The Morgan fingerprint density at radius 3 is 2.06 bits per heavy atom. The van der Waals surface area contributed by atoms with Gasteiger partial charge in [0.05, 0.1) is 13.2 Å². The molecule has 1 saturated carbocycles. The number of aromatic nitrogens is 2. The molecule has 188 valence electrons. The minimum absolute atomic E-state index is 0.156. The summed E-state index contributed by atoms with van der Waals surface area (Å²) in [7, 11) is 0. The summed E-state index contributed by atoms with van der Waals surface area (Å²) in [5.74, 6) is 1.74. The molecule has 2 saturated heterocycles. The predicted octanol–water partition coefficient (Wildman–Crippen LogP) is 4.08. The minimum Gasteiger partial charge on any atom is -0.490 e. The molecule has 3 heterocycles. The van der Waals surface area contributed by atoms with E-state index in [2.05, 4.69) is 77.2 Å². The summed E-state index contributed by atoms with van der Waals surface area (Å²) in [6, 6.07) is 17.2. The van der Waals surface area contributed by atoms with E-state index in [0.717, 1.165) is 56.2 Å².